The molecular formula is C19H26N4O2. The Morgan fingerprint density at radius 1 is 1.20 bits per heavy atom. The van der Waals surface area contributed by atoms with Gasteiger partial charge in [0.15, 0.2) is 0 Å². The van der Waals surface area contributed by atoms with Crippen molar-refractivity contribution in [3.8, 4) is 11.8 Å². The summed E-state index contributed by atoms with van der Waals surface area (Å²) in [6.45, 7) is 2.12. The molecule has 1 heterocycles. The molecule has 1 aliphatic carbocycles. The first-order valence-electron chi connectivity index (χ1n) is 9.00. The van der Waals surface area contributed by atoms with Crippen LogP contribution in [0.5, 0.6) is 0 Å². The molecular weight excluding hydrogens is 316 g/mol. The molecule has 1 fully saturated rings. The monoisotopic (exact) mass is 342 g/mol. The standard InChI is InChI=1S/C19H26N4O2/c1-2-3-4-6-9-15-12-16(14-20-13-15)18(24)22-23-19(25)21-17-10-7-5-8-11-17/h12-14,17H,2-5,7-8,10-11H2,1H3,(H,22,24)(H2,21,23,25). The molecule has 0 saturated heterocycles. The van der Waals surface area contributed by atoms with Crippen LogP contribution in [-0.4, -0.2) is 23.0 Å². The summed E-state index contributed by atoms with van der Waals surface area (Å²) >= 11 is 0. The number of urea groups is 1. The molecule has 2 rings (SSSR count). The highest BCUT2D eigenvalue weighted by atomic mass is 16.2. The zero-order valence-corrected chi connectivity index (χ0v) is 14.7. The number of hydrogen-bond acceptors (Lipinski definition) is 3. The van der Waals surface area contributed by atoms with Gasteiger partial charge in [-0.05, 0) is 25.3 Å². The van der Waals surface area contributed by atoms with Crippen molar-refractivity contribution in [2.24, 2.45) is 0 Å². The normalized spacial score (nSPS) is 14.1. The highest BCUT2D eigenvalue weighted by Crippen LogP contribution is 2.17. The summed E-state index contributed by atoms with van der Waals surface area (Å²) in [5.74, 6) is 5.65. The topological polar surface area (TPSA) is 83.1 Å². The van der Waals surface area contributed by atoms with Gasteiger partial charge in [0.2, 0.25) is 0 Å². The third-order valence-electron chi connectivity index (χ3n) is 4.12. The summed E-state index contributed by atoms with van der Waals surface area (Å²) in [5.41, 5.74) is 5.85. The number of hydrazine groups is 1. The second-order valence-electron chi connectivity index (χ2n) is 6.26. The van der Waals surface area contributed by atoms with Crippen LogP contribution < -0.4 is 16.2 Å². The van der Waals surface area contributed by atoms with E-state index >= 15 is 0 Å². The Bertz CT molecular complexity index is 642. The molecule has 6 nitrogen and oxygen atoms in total. The molecule has 1 saturated carbocycles. The molecule has 134 valence electrons. The molecule has 0 atom stereocenters. The van der Waals surface area contributed by atoms with Crippen molar-refractivity contribution in [1.29, 1.82) is 0 Å². The smallest absolute Gasteiger partial charge is 0.333 e. The number of carbonyl (C=O) groups excluding carboxylic acids is 2. The first-order valence-corrected chi connectivity index (χ1v) is 9.00. The molecule has 0 aliphatic heterocycles. The van der Waals surface area contributed by atoms with Crippen molar-refractivity contribution in [3.05, 3.63) is 29.6 Å². The lowest BCUT2D eigenvalue weighted by Gasteiger charge is -2.22. The Hall–Kier alpha value is -2.55. The van der Waals surface area contributed by atoms with Crippen LogP contribution in [0, 0.1) is 11.8 Å². The van der Waals surface area contributed by atoms with Crippen LogP contribution in [0.2, 0.25) is 0 Å². The minimum Gasteiger partial charge on any atom is -0.334 e. The molecule has 0 radical (unpaired) electrons. The van der Waals surface area contributed by atoms with Crippen molar-refractivity contribution in [3.63, 3.8) is 0 Å². The third-order valence-corrected chi connectivity index (χ3v) is 4.12. The molecule has 0 spiro atoms. The fourth-order valence-corrected chi connectivity index (χ4v) is 2.72. The van der Waals surface area contributed by atoms with E-state index in [0.29, 0.717) is 11.1 Å². The molecule has 3 amide bonds. The van der Waals surface area contributed by atoms with E-state index in [9.17, 15) is 9.59 Å². The maximum atomic E-state index is 12.1. The van der Waals surface area contributed by atoms with Gasteiger partial charge >= 0.3 is 6.03 Å². The zero-order valence-electron chi connectivity index (χ0n) is 14.7. The number of amides is 3. The largest absolute Gasteiger partial charge is 0.334 e. The van der Waals surface area contributed by atoms with Crippen LogP contribution in [0.15, 0.2) is 18.5 Å². The number of rotatable bonds is 4. The highest BCUT2D eigenvalue weighted by molar-refractivity contribution is 5.95. The molecule has 0 bridgehead atoms. The van der Waals surface area contributed by atoms with Crippen molar-refractivity contribution in [2.45, 2.75) is 64.3 Å². The van der Waals surface area contributed by atoms with E-state index in [0.717, 1.165) is 44.9 Å². The van der Waals surface area contributed by atoms with Crippen LogP contribution >= 0.6 is 0 Å². The number of hydrogen-bond donors (Lipinski definition) is 3. The van der Waals surface area contributed by atoms with Crippen molar-refractivity contribution < 1.29 is 9.59 Å². The second kappa shape index (κ2) is 10.3. The second-order valence-corrected chi connectivity index (χ2v) is 6.26. The maximum absolute atomic E-state index is 12.1. The summed E-state index contributed by atoms with van der Waals surface area (Å²) in [6.07, 6.45) is 11.5. The highest BCUT2D eigenvalue weighted by Gasteiger charge is 2.16. The number of pyridine rings is 1. The van der Waals surface area contributed by atoms with Gasteiger partial charge in [-0.1, -0.05) is 44.4 Å². The Kier molecular flexibility index (Phi) is 7.77. The van der Waals surface area contributed by atoms with Crippen LogP contribution in [0.4, 0.5) is 4.79 Å². The lowest BCUT2D eigenvalue weighted by Crippen LogP contribution is -2.50. The van der Waals surface area contributed by atoms with Crippen LogP contribution in [0.3, 0.4) is 0 Å². The third kappa shape index (κ3) is 6.84. The minimum atomic E-state index is -0.413. The van der Waals surface area contributed by atoms with Crippen LogP contribution in [-0.2, 0) is 0 Å². The molecule has 25 heavy (non-hydrogen) atoms. The number of nitrogens with zero attached hydrogens (tertiary/aromatic N) is 1. The van der Waals surface area contributed by atoms with Crippen molar-refractivity contribution >= 4 is 11.9 Å². The Labute approximate surface area is 149 Å². The van der Waals surface area contributed by atoms with Crippen molar-refractivity contribution in [2.75, 3.05) is 0 Å². The van der Waals surface area contributed by atoms with Gasteiger partial charge in [-0.25, -0.2) is 10.2 Å². The lowest BCUT2D eigenvalue weighted by molar-refractivity contribution is 0.0935. The Morgan fingerprint density at radius 2 is 2.00 bits per heavy atom. The average molecular weight is 342 g/mol. The van der Waals surface area contributed by atoms with Crippen LogP contribution in [0.25, 0.3) is 0 Å². The predicted octanol–water partition coefficient (Wildman–Crippen LogP) is 2.90. The zero-order chi connectivity index (χ0) is 17.9. The van der Waals surface area contributed by atoms with E-state index in [2.05, 4.69) is 39.9 Å². The van der Waals surface area contributed by atoms with Crippen molar-refractivity contribution in [1.82, 2.24) is 21.2 Å². The van der Waals surface area contributed by atoms with E-state index in [1.807, 2.05) is 0 Å². The summed E-state index contributed by atoms with van der Waals surface area (Å²) in [6, 6.07) is 1.47. The number of carbonyl (C=O) groups is 2. The Morgan fingerprint density at radius 3 is 2.76 bits per heavy atom. The summed E-state index contributed by atoms with van der Waals surface area (Å²) in [5, 5.41) is 2.87. The quantitative estimate of drug-likeness (QED) is 0.447. The molecule has 1 aromatic heterocycles. The lowest BCUT2D eigenvalue weighted by atomic mass is 9.96. The number of nitrogens with one attached hydrogen (secondary N) is 3. The molecule has 0 unspecified atom stereocenters. The SMILES string of the molecule is CCCCC#Cc1cncc(C(=O)NNC(=O)NC2CCCCC2)c1. The summed E-state index contributed by atoms with van der Waals surface area (Å²) < 4.78 is 0. The molecule has 3 N–H and O–H groups in total. The van der Waals surface area contributed by atoms with E-state index in [1.54, 1.807) is 12.3 Å². The Balaban J connectivity index is 1.81. The number of aromatic nitrogens is 1. The first-order chi connectivity index (χ1) is 12.2. The van der Waals surface area contributed by atoms with Gasteiger partial charge < -0.3 is 5.32 Å². The fraction of sp³-hybridized carbons (Fsp3) is 0.526. The predicted molar refractivity (Wildman–Crippen MR) is 96.6 cm³/mol. The van der Waals surface area contributed by atoms with E-state index in [4.69, 9.17) is 0 Å². The van der Waals surface area contributed by atoms with Gasteiger partial charge in [0, 0.05) is 30.4 Å². The van der Waals surface area contributed by atoms with Gasteiger partial charge in [-0.15, -0.1) is 0 Å². The average Bonchev–Trinajstić information content (AvgIpc) is 2.64. The maximum Gasteiger partial charge on any atom is 0.333 e. The molecule has 6 heteroatoms. The first kappa shape index (κ1) is 18.8. The van der Waals surface area contributed by atoms with Gasteiger partial charge in [-0.3, -0.25) is 15.2 Å². The minimum absolute atomic E-state index is 0.189. The summed E-state index contributed by atoms with van der Waals surface area (Å²) in [4.78, 5) is 28.0. The van der Waals surface area contributed by atoms with Gasteiger partial charge in [0.05, 0.1) is 5.56 Å². The molecule has 1 aliphatic rings. The van der Waals surface area contributed by atoms with E-state index in [1.165, 1.54) is 12.6 Å². The van der Waals surface area contributed by atoms with E-state index in [-0.39, 0.29) is 12.1 Å². The van der Waals surface area contributed by atoms with Gasteiger partial charge in [0.1, 0.15) is 0 Å². The van der Waals surface area contributed by atoms with Crippen LogP contribution in [0.1, 0.15) is 74.2 Å². The van der Waals surface area contributed by atoms with E-state index < -0.39 is 5.91 Å². The molecule has 0 aromatic carbocycles. The van der Waals surface area contributed by atoms with Gasteiger partial charge in [0.25, 0.3) is 5.91 Å². The molecule has 1 aromatic rings. The summed E-state index contributed by atoms with van der Waals surface area (Å²) in [7, 11) is 0. The number of unbranched alkanes of at least 4 members (excludes halogenated alkanes) is 2. The fourth-order valence-electron chi connectivity index (χ4n) is 2.72. The van der Waals surface area contributed by atoms with Gasteiger partial charge in [-0.2, -0.15) is 0 Å².